The van der Waals surface area contributed by atoms with E-state index >= 15 is 0 Å². The molecule has 7 aliphatic heterocycles. The predicted molar refractivity (Wildman–Crippen MR) is 177 cm³/mol. The van der Waals surface area contributed by atoms with Gasteiger partial charge in [-0.25, -0.2) is 0 Å². The molecular weight excluding hydrogens is 661 g/mol. The number of hydrogen-bond acceptors (Lipinski definition) is 12. The average Bonchev–Trinajstić information content (AvgIpc) is 3.45. The van der Waals surface area contributed by atoms with Crippen molar-refractivity contribution in [2.24, 2.45) is 23.7 Å². The number of piperazine rings is 1. The number of esters is 2. The van der Waals surface area contributed by atoms with Crippen LogP contribution in [0.15, 0.2) is 48.3 Å². The van der Waals surface area contributed by atoms with E-state index in [-0.39, 0.29) is 36.5 Å². The van der Waals surface area contributed by atoms with Crippen LogP contribution in [0.1, 0.15) is 67.2 Å². The van der Waals surface area contributed by atoms with Gasteiger partial charge in [0, 0.05) is 12.8 Å². The van der Waals surface area contributed by atoms with E-state index in [0.717, 1.165) is 0 Å². The highest BCUT2D eigenvalue weighted by Crippen LogP contribution is 2.69. The largest absolute Gasteiger partial charge is 0.473 e. The normalized spacial score (nSPS) is 35.2. The van der Waals surface area contributed by atoms with E-state index in [0.29, 0.717) is 24.0 Å². The molecular formula is C34H44N2O10S2. The topological polar surface area (TPSA) is 152 Å². The maximum Gasteiger partial charge on any atom is 0.311 e. The molecule has 48 heavy (non-hydrogen) atoms. The van der Waals surface area contributed by atoms with Crippen molar-refractivity contribution in [3.8, 4) is 0 Å². The number of amides is 2. The Labute approximate surface area is 288 Å². The Morgan fingerprint density at radius 3 is 1.52 bits per heavy atom. The number of rotatable bonds is 10. The van der Waals surface area contributed by atoms with Gasteiger partial charge in [-0.05, 0) is 49.0 Å². The first-order valence-electron chi connectivity index (χ1n) is 16.7. The van der Waals surface area contributed by atoms with E-state index in [4.69, 9.17) is 18.9 Å². The van der Waals surface area contributed by atoms with Crippen LogP contribution in [0, 0.1) is 23.7 Å². The van der Waals surface area contributed by atoms with Gasteiger partial charge in [-0.3, -0.25) is 19.2 Å². The molecule has 5 saturated heterocycles. The van der Waals surface area contributed by atoms with Gasteiger partial charge in [-0.1, -0.05) is 62.1 Å². The minimum Gasteiger partial charge on any atom is -0.473 e. The van der Waals surface area contributed by atoms with Crippen molar-refractivity contribution in [1.82, 2.24) is 9.80 Å². The third-order valence-electron chi connectivity index (χ3n) is 10.9. The third kappa shape index (κ3) is 5.28. The monoisotopic (exact) mass is 704 g/mol. The van der Waals surface area contributed by atoms with E-state index in [9.17, 15) is 29.4 Å². The van der Waals surface area contributed by atoms with Crippen LogP contribution in [0.2, 0.25) is 0 Å². The van der Waals surface area contributed by atoms with Gasteiger partial charge in [0.05, 0.1) is 61.2 Å². The lowest BCUT2D eigenvalue weighted by Crippen LogP contribution is -2.77. The number of aliphatic hydroxyl groups is 2. The number of hydrogen-bond donors (Lipinski definition) is 2. The number of fused-ring (bicyclic) bond motifs is 3. The molecule has 12 nitrogen and oxygen atoms in total. The molecule has 14 heteroatoms. The molecule has 2 bridgehead atoms. The van der Waals surface area contributed by atoms with Crippen LogP contribution in [0.25, 0.3) is 0 Å². The molecule has 6 unspecified atom stereocenters. The van der Waals surface area contributed by atoms with E-state index in [1.165, 1.54) is 46.6 Å². The maximum absolute atomic E-state index is 14.8. The van der Waals surface area contributed by atoms with Gasteiger partial charge in [0.15, 0.2) is 9.74 Å². The fourth-order valence-corrected chi connectivity index (χ4v) is 11.2. The molecule has 0 aromatic carbocycles. The summed E-state index contributed by atoms with van der Waals surface area (Å²) in [5.74, 6) is -3.76. The third-order valence-corrected chi connectivity index (χ3v) is 14.5. The molecule has 0 aromatic heterocycles. The second-order valence-electron chi connectivity index (χ2n) is 13.8. The molecule has 7 aliphatic rings. The summed E-state index contributed by atoms with van der Waals surface area (Å²) < 4.78 is 23.2. The van der Waals surface area contributed by atoms with Crippen molar-refractivity contribution in [1.29, 1.82) is 0 Å². The highest BCUT2D eigenvalue weighted by atomic mass is 33.1. The van der Waals surface area contributed by atoms with E-state index < -0.39 is 70.0 Å². The van der Waals surface area contributed by atoms with Gasteiger partial charge in [0.1, 0.15) is 12.2 Å². The molecule has 0 aromatic rings. The molecule has 0 aliphatic carbocycles. The Balaban J connectivity index is 1.31. The standard InChI is InChI=1S/C34H44N2O10S2/c1-7-17(3)27(37)19(5)29(39)45-23-9-11-43-15-21-13-33-32(42)36-26-22(14-34(36,48-47-33)31(41)35(33)25(21)23)16-44-12-10-24(26)46-30(40)20(6)28(38)18(4)8-2/h9-12,15-20,23-28,37-38H,7-8,13-14H2,1-6H3/t17?,18?,19?,20?,23-,24-,25-,26-,27?,28?,33+,34+/m0/s1. The fraction of sp³-hybridized carbons (Fsp3) is 0.647. The summed E-state index contributed by atoms with van der Waals surface area (Å²) in [6.07, 6.45) is 6.80. The van der Waals surface area contributed by atoms with Crippen molar-refractivity contribution < 1.29 is 48.3 Å². The van der Waals surface area contributed by atoms with Crippen molar-refractivity contribution in [3.05, 3.63) is 48.3 Å². The van der Waals surface area contributed by atoms with Crippen molar-refractivity contribution in [2.75, 3.05) is 0 Å². The molecule has 2 spiro atoms. The minimum atomic E-state index is -1.37. The smallest absolute Gasteiger partial charge is 0.311 e. The van der Waals surface area contributed by atoms with Crippen LogP contribution in [-0.4, -0.2) is 90.0 Å². The Morgan fingerprint density at radius 2 is 1.17 bits per heavy atom. The zero-order valence-electron chi connectivity index (χ0n) is 27.9. The number of carbonyl (C=O) groups excluding carboxylic acids is 4. The molecule has 7 rings (SSSR count). The highest BCUT2D eigenvalue weighted by molar-refractivity contribution is 8.78. The van der Waals surface area contributed by atoms with Crippen LogP contribution in [0.3, 0.4) is 0 Å². The van der Waals surface area contributed by atoms with Crippen LogP contribution in [0.4, 0.5) is 0 Å². The average molecular weight is 705 g/mol. The first-order chi connectivity index (χ1) is 22.8. The Bertz CT molecular complexity index is 1370. The molecule has 5 fully saturated rings. The first-order valence-corrected chi connectivity index (χ1v) is 18.8. The van der Waals surface area contributed by atoms with Gasteiger partial charge in [-0.2, -0.15) is 0 Å². The van der Waals surface area contributed by atoms with Gasteiger partial charge in [0.25, 0.3) is 11.8 Å². The summed E-state index contributed by atoms with van der Waals surface area (Å²) in [5, 5.41) is 21.5. The second kappa shape index (κ2) is 13.1. The summed E-state index contributed by atoms with van der Waals surface area (Å²) in [6.45, 7) is 10.8. The summed E-state index contributed by atoms with van der Waals surface area (Å²) in [5.41, 5.74) is 1.24. The van der Waals surface area contributed by atoms with Gasteiger partial charge in [0.2, 0.25) is 0 Å². The lowest BCUT2D eigenvalue weighted by atomic mass is 9.91. The summed E-state index contributed by atoms with van der Waals surface area (Å²) in [4.78, 5) is 56.7. The number of nitrogens with zero attached hydrogens (tertiary/aromatic N) is 2. The summed E-state index contributed by atoms with van der Waals surface area (Å²) in [6, 6.07) is -1.62. The predicted octanol–water partition coefficient (Wildman–Crippen LogP) is 3.75. The Morgan fingerprint density at radius 1 is 0.792 bits per heavy atom. The van der Waals surface area contributed by atoms with Crippen LogP contribution in [0.5, 0.6) is 0 Å². The number of carbonyl (C=O) groups is 4. The Hall–Kier alpha value is -2.94. The van der Waals surface area contributed by atoms with Crippen LogP contribution < -0.4 is 0 Å². The van der Waals surface area contributed by atoms with Crippen molar-refractivity contribution in [3.63, 3.8) is 0 Å². The van der Waals surface area contributed by atoms with E-state index in [2.05, 4.69) is 0 Å². The first kappa shape index (κ1) is 34.9. The molecule has 12 atom stereocenters. The fourth-order valence-electron chi connectivity index (χ4n) is 7.46. The zero-order valence-corrected chi connectivity index (χ0v) is 29.6. The lowest BCUT2D eigenvalue weighted by Gasteiger charge is -2.58. The van der Waals surface area contributed by atoms with Gasteiger partial charge in [-0.15, -0.1) is 0 Å². The Kier molecular flexibility index (Phi) is 9.50. The molecule has 7 heterocycles. The van der Waals surface area contributed by atoms with Crippen LogP contribution >= 0.6 is 21.6 Å². The highest BCUT2D eigenvalue weighted by Gasteiger charge is 2.78. The van der Waals surface area contributed by atoms with Gasteiger partial charge < -0.3 is 39.0 Å². The summed E-state index contributed by atoms with van der Waals surface area (Å²) in [7, 11) is 2.61. The molecule has 0 radical (unpaired) electrons. The second-order valence-corrected chi connectivity index (χ2v) is 16.5. The zero-order chi connectivity index (χ0) is 34.7. The molecule has 2 N–H and O–H groups in total. The summed E-state index contributed by atoms with van der Waals surface area (Å²) >= 11 is 0. The lowest BCUT2D eigenvalue weighted by molar-refractivity contribution is -0.174. The van der Waals surface area contributed by atoms with Gasteiger partial charge >= 0.3 is 11.9 Å². The van der Waals surface area contributed by atoms with Crippen molar-refractivity contribution in [2.45, 2.75) is 113 Å². The molecule has 262 valence electrons. The van der Waals surface area contributed by atoms with E-state index in [1.54, 1.807) is 35.8 Å². The van der Waals surface area contributed by atoms with Crippen LogP contribution in [-0.2, 0) is 38.1 Å². The maximum atomic E-state index is 14.8. The molecule has 2 amide bonds. The van der Waals surface area contributed by atoms with Crippen molar-refractivity contribution >= 4 is 45.3 Å². The SMILES string of the molecule is CCC(C)C(O)C(C)C(=O)O[C@H]1C=COC=C2C[C@@]34SS[C@]5(CC6=COC=C[C@H](OC(=O)C(C)C(O)C(C)CC)[C@H]6N5C3=O)C(=O)N4[C@@H]21. The minimum absolute atomic E-state index is 0.124. The number of ether oxygens (including phenoxy) is 4. The quantitative estimate of drug-likeness (QED) is 0.252. The molecule has 0 saturated carbocycles. The van der Waals surface area contributed by atoms with E-state index in [1.807, 2.05) is 27.7 Å². The number of aliphatic hydroxyl groups excluding tert-OH is 2.